The van der Waals surface area contributed by atoms with Gasteiger partial charge in [-0.15, -0.1) is 0 Å². The van der Waals surface area contributed by atoms with Crippen LogP contribution in [0.3, 0.4) is 0 Å². The van der Waals surface area contributed by atoms with Crippen LogP contribution in [0, 0.1) is 0 Å². The van der Waals surface area contributed by atoms with Crippen molar-refractivity contribution in [2.24, 2.45) is 0 Å². The predicted molar refractivity (Wildman–Crippen MR) is 93.1 cm³/mol. The van der Waals surface area contributed by atoms with Crippen molar-refractivity contribution in [3.8, 4) is 0 Å². The van der Waals surface area contributed by atoms with E-state index in [1.165, 1.54) is 12.5 Å². The molecule has 0 radical (unpaired) electrons. The van der Waals surface area contributed by atoms with Crippen molar-refractivity contribution >= 4 is 29.1 Å². The molecule has 0 unspecified atom stereocenters. The molecule has 0 fully saturated rings. The van der Waals surface area contributed by atoms with Crippen LogP contribution in [-0.4, -0.2) is 42.9 Å². The largest absolute Gasteiger partial charge is 0.472 e. The SMILES string of the molecule is CN(C)CCCN(Cc1ccc(Cl)c(Cl)c1)C(=O)c1ccoc1. The third-order valence-corrected chi connectivity index (χ3v) is 4.19. The Balaban J connectivity index is 2.11. The third kappa shape index (κ3) is 5.27. The molecular formula is C17H20Cl2N2O2. The first-order chi connectivity index (χ1) is 11.0. The number of hydrogen-bond donors (Lipinski definition) is 0. The molecule has 1 aromatic heterocycles. The molecule has 0 aliphatic heterocycles. The minimum atomic E-state index is -0.0522. The Labute approximate surface area is 146 Å². The first-order valence-electron chi connectivity index (χ1n) is 7.37. The van der Waals surface area contributed by atoms with Gasteiger partial charge in [0.2, 0.25) is 0 Å². The van der Waals surface area contributed by atoms with Gasteiger partial charge in [-0.1, -0.05) is 29.3 Å². The first kappa shape index (κ1) is 17.9. The third-order valence-electron chi connectivity index (χ3n) is 3.45. The van der Waals surface area contributed by atoms with Crippen LogP contribution < -0.4 is 0 Å². The number of carbonyl (C=O) groups excluding carboxylic acids is 1. The summed E-state index contributed by atoms with van der Waals surface area (Å²) in [7, 11) is 4.03. The summed E-state index contributed by atoms with van der Waals surface area (Å²) in [4.78, 5) is 16.5. The van der Waals surface area contributed by atoms with E-state index in [9.17, 15) is 4.79 Å². The molecule has 0 N–H and O–H groups in total. The van der Waals surface area contributed by atoms with Crippen LogP contribution in [0.15, 0.2) is 41.2 Å². The van der Waals surface area contributed by atoms with Gasteiger partial charge in [-0.05, 0) is 50.8 Å². The van der Waals surface area contributed by atoms with E-state index < -0.39 is 0 Å². The molecule has 124 valence electrons. The number of nitrogens with zero attached hydrogens (tertiary/aromatic N) is 2. The van der Waals surface area contributed by atoms with Crippen molar-refractivity contribution in [2.75, 3.05) is 27.2 Å². The zero-order valence-corrected chi connectivity index (χ0v) is 14.8. The molecular weight excluding hydrogens is 335 g/mol. The van der Waals surface area contributed by atoms with Crippen molar-refractivity contribution in [1.29, 1.82) is 0 Å². The van der Waals surface area contributed by atoms with Gasteiger partial charge in [-0.2, -0.15) is 0 Å². The average Bonchev–Trinajstić information content (AvgIpc) is 3.03. The predicted octanol–water partition coefficient (Wildman–Crippen LogP) is 4.18. The summed E-state index contributed by atoms with van der Waals surface area (Å²) < 4.78 is 5.02. The van der Waals surface area contributed by atoms with Crippen molar-refractivity contribution in [2.45, 2.75) is 13.0 Å². The molecule has 0 saturated carbocycles. The van der Waals surface area contributed by atoms with E-state index in [0.29, 0.717) is 28.7 Å². The quantitative estimate of drug-likeness (QED) is 0.748. The molecule has 6 heteroatoms. The summed E-state index contributed by atoms with van der Waals surface area (Å²) in [6.45, 7) is 2.05. The number of halogens is 2. The molecule has 0 spiro atoms. The topological polar surface area (TPSA) is 36.7 Å². The normalized spacial score (nSPS) is 11.0. The Morgan fingerprint density at radius 1 is 1.13 bits per heavy atom. The maximum Gasteiger partial charge on any atom is 0.257 e. The van der Waals surface area contributed by atoms with Gasteiger partial charge in [0.25, 0.3) is 5.91 Å². The highest BCUT2D eigenvalue weighted by molar-refractivity contribution is 6.42. The second kappa shape index (κ2) is 8.39. The van der Waals surface area contributed by atoms with E-state index in [1.807, 2.05) is 20.2 Å². The summed E-state index contributed by atoms with van der Waals surface area (Å²) >= 11 is 12.0. The van der Waals surface area contributed by atoms with Crippen LogP contribution in [-0.2, 0) is 6.54 Å². The number of rotatable bonds is 7. The Morgan fingerprint density at radius 3 is 2.52 bits per heavy atom. The molecule has 0 aliphatic carbocycles. The van der Waals surface area contributed by atoms with Crippen molar-refractivity contribution in [3.05, 3.63) is 58.0 Å². The minimum absolute atomic E-state index is 0.0522. The van der Waals surface area contributed by atoms with Gasteiger partial charge < -0.3 is 14.2 Å². The maximum atomic E-state index is 12.6. The van der Waals surface area contributed by atoms with Gasteiger partial charge >= 0.3 is 0 Å². The molecule has 23 heavy (non-hydrogen) atoms. The van der Waals surface area contributed by atoms with Crippen LogP contribution in [0.4, 0.5) is 0 Å². The Bertz CT molecular complexity index is 642. The molecule has 1 amide bonds. The summed E-state index contributed by atoms with van der Waals surface area (Å²) in [6.07, 6.45) is 3.86. The number of hydrogen-bond acceptors (Lipinski definition) is 3. The Hall–Kier alpha value is -1.49. The van der Waals surface area contributed by atoms with Gasteiger partial charge in [-0.25, -0.2) is 0 Å². The van der Waals surface area contributed by atoms with Crippen LogP contribution >= 0.6 is 23.2 Å². The van der Waals surface area contributed by atoms with E-state index in [2.05, 4.69) is 4.90 Å². The molecule has 0 atom stereocenters. The highest BCUT2D eigenvalue weighted by atomic mass is 35.5. The molecule has 2 aromatic rings. The smallest absolute Gasteiger partial charge is 0.257 e. The molecule has 0 saturated heterocycles. The van der Waals surface area contributed by atoms with Gasteiger partial charge in [0.05, 0.1) is 21.9 Å². The van der Waals surface area contributed by atoms with Crippen LogP contribution in [0.25, 0.3) is 0 Å². The summed E-state index contributed by atoms with van der Waals surface area (Å²) in [6, 6.07) is 7.11. The molecule has 1 heterocycles. The van der Waals surface area contributed by atoms with Gasteiger partial charge in [0.15, 0.2) is 0 Å². The van der Waals surface area contributed by atoms with Crippen LogP contribution in [0.2, 0.25) is 10.0 Å². The lowest BCUT2D eigenvalue weighted by molar-refractivity contribution is 0.0737. The van der Waals surface area contributed by atoms with Crippen molar-refractivity contribution in [3.63, 3.8) is 0 Å². The van der Waals surface area contributed by atoms with E-state index in [-0.39, 0.29) is 5.91 Å². The lowest BCUT2D eigenvalue weighted by Crippen LogP contribution is -2.32. The van der Waals surface area contributed by atoms with E-state index >= 15 is 0 Å². The number of amides is 1. The van der Waals surface area contributed by atoms with Crippen LogP contribution in [0.5, 0.6) is 0 Å². The van der Waals surface area contributed by atoms with Crippen LogP contribution in [0.1, 0.15) is 22.3 Å². The number of benzene rings is 1. The lowest BCUT2D eigenvalue weighted by Gasteiger charge is -2.23. The van der Waals surface area contributed by atoms with Gasteiger partial charge in [0.1, 0.15) is 6.26 Å². The Kier molecular flexibility index (Phi) is 6.51. The highest BCUT2D eigenvalue weighted by Crippen LogP contribution is 2.23. The molecule has 4 nitrogen and oxygen atoms in total. The average molecular weight is 355 g/mol. The number of furan rings is 1. The summed E-state index contributed by atoms with van der Waals surface area (Å²) in [5.74, 6) is -0.0522. The second-order valence-electron chi connectivity index (χ2n) is 5.64. The summed E-state index contributed by atoms with van der Waals surface area (Å²) in [5.41, 5.74) is 1.50. The zero-order valence-electron chi connectivity index (χ0n) is 13.3. The first-order valence-corrected chi connectivity index (χ1v) is 8.13. The fraction of sp³-hybridized carbons (Fsp3) is 0.353. The van der Waals surface area contributed by atoms with Gasteiger partial charge in [-0.3, -0.25) is 4.79 Å². The van der Waals surface area contributed by atoms with E-state index in [1.54, 1.807) is 23.1 Å². The molecule has 1 aromatic carbocycles. The van der Waals surface area contributed by atoms with Crippen molar-refractivity contribution in [1.82, 2.24) is 9.80 Å². The number of carbonyl (C=O) groups is 1. The highest BCUT2D eigenvalue weighted by Gasteiger charge is 2.17. The van der Waals surface area contributed by atoms with E-state index in [0.717, 1.165) is 18.5 Å². The molecule has 0 aliphatic rings. The fourth-order valence-electron chi connectivity index (χ4n) is 2.26. The van der Waals surface area contributed by atoms with Crippen molar-refractivity contribution < 1.29 is 9.21 Å². The maximum absolute atomic E-state index is 12.6. The molecule has 2 rings (SSSR count). The fourth-order valence-corrected chi connectivity index (χ4v) is 2.58. The standard InChI is InChI=1S/C17H20Cl2N2O2/c1-20(2)7-3-8-21(17(22)14-6-9-23-12-14)11-13-4-5-15(18)16(19)10-13/h4-6,9-10,12H,3,7-8,11H2,1-2H3. The second-order valence-corrected chi connectivity index (χ2v) is 6.46. The minimum Gasteiger partial charge on any atom is -0.472 e. The Morgan fingerprint density at radius 2 is 1.91 bits per heavy atom. The van der Waals surface area contributed by atoms with Gasteiger partial charge in [0, 0.05) is 13.1 Å². The monoisotopic (exact) mass is 354 g/mol. The summed E-state index contributed by atoms with van der Waals surface area (Å²) in [5, 5.41) is 1.00. The van der Waals surface area contributed by atoms with E-state index in [4.69, 9.17) is 27.6 Å². The molecule has 0 bridgehead atoms. The zero-order chi connectivity index (χ0) is 16.8. The lowest BCUT2D eigenvalue weighted by atomic mass is 10.2.